The van der Waals surface area contributed by atoms with Crippen molar-refractivity contribution in [3.05, 3.63) is 0 Å². The van der Waals surface area contributed by atoms with Crippen LogP contribution in [0.3, 0.4) is 0 Å². The first-order valence-electron chi connectivity index (χ1n) is 0.966. The molecule has 7 heteroatoms. The minimum absolute atomic E-state index is 0. The van der Waals surface area contributed by atoms with Gasteiger partial charge in [0.2, 0.25) is 0 Å². The second-order valence-electron chi connectivity index (χ2n) is 0.553. The van der Waals surface area contributed by atoms with E-state index in [2.05, 4.69) is 4.31 Å². The summed E-state index contributed by atoms with van der Waals surface area (Å²) in [7, 11) is -3.35. The SMILES string of the molecule is O=P([O-])([O-])OP.[Zn+2]. The normalized spacial score (nSPS) is 10.1. The molecule has 0 rings (SSSR count). The molecular formula is H2O4P2Zn. The molecular weight excluding hydrogens is 191 g/mol. The molecule has 0 aliphatic carbocycles. The van der Waals surface area contributed by atoms with Crippen molar-refractivity contribution in [2.45, 2.75) is 0 Å². The van der Waals surface area contributed by atoms with E-state index in [1.54, 1.807) is 0 Å². The van der Waals surface area contributed by atoms with Crippen LogP contribution in [-0.4, -0.2) is 0 Å². The van der Waals surface area contributed by atoms with Crippen LogP contribution in [0, 0.1) is 0 Å². The van der Waals surface area contributed by atoms with E-state index >= 15 is 0 Å². The molecule has 0 aromatic rings. The van der Waals surface area contributed by atoms with Crippen LogP contribution >= 0.6 is 17.3 Å². The van der Waals surface area contributed by atoms with Gasteiger partial charge in [0.25, 0.3) is 0 Å². The van der Waals surface area contributed by atoms with E-state index in [0.29, 0.717) is 0 Å². The third kappa shape index (κ3) is 11.0. The van der Waals surface area contributed by atoms with Gasteiger partial charge in [0.05, 0.1) is 7.82 Å². The Morgan fingerprint density at radius 3 is 1.71 bits per heavy atom. The molecule has 0 spiro atoms. The zero-order chi connectivity index (χ0) is 5.21. The van der Waals surface area contributed by atoms with Crippen LogP contribution in [0.2, 0.25) is 0 Å². The van der Waals surface area contributed by atoms with Gasteiger partial charge < -0.3 is 18.7 Å². The van der Waals surface area contributed by atoms with Crippen molar-refractivity contribution in [2.24, 2.45) is 0 Å². The molecule has 0 aromatic heterocycles. The average molecular weight is 193 g/mol. The second-order valence-corrected chi connectivity index (χ2v) is 2.29. The quantitative estimate of drug-likeness (QED) is 0.380. The molecule has 0 bridgehead atoms. The molecule has 0 aromatic carbocycles. The topological polar surface area (TPSA) is 72.4 Å². The van der Waals surface area contributed by atoms with Gasteiger partial charge in [-0.25, -0.2) is 0 Å². The molecule has 1 unspecified atom stereocenters. The summed E-state index contributed by atoms with van der Waals surface area (Å²) in [6.07, 6.45) is 0. The van der Waals surface area contributed by atoms with Crippen LogP contribution in [0.5, 0.6) is 0 Å². The number of phosphoric acid groups is 1. The van der Waals surface area contributed by atoms with Crippen molar-refractivity contribution < 1.29 is 38.1 Å². The molecule has 0 saturated carbocycles. The largest absolute Gasteiger partial charge is 2.00 e. The van der Waals surface area contributed by atoms with E-state index in [-0.39, 0.29) is 19.5 Å². The van der Waals surface area contributed by atoms with Crippen LogP contribution in [-0.2, 0) is 28.4 Å². The fourth-order valence-electron chi connectivity index (χ4n) is 0. The van der Waals surface area contributed by atoms with Crippen molar-refractivity contribution >= 4 is 17.3 Å². The predicted molar refractivity (Wildman–Crippen MR) is 18.4 cm³/mol. The molecule has 0 N–H and O–H groups in total. The van der Waals surface area contributed by atoms with Gasteiger partial charge >= 0.3 is 19.5 Å². The molecule has 1 atom stereocenters. The Balaban J connectivity index is 0. The molecule has 0 aliphatic heterocycles. The Morgan fingerprint density at radius 1 is 1.57 bits per heavy atom. The van der Waals surface area contributed by atoms with E-state index in [4.69, 9.17) is 0 Å². The maximum Gasteiger partial charge on any atom is 2.00 e. The van der Waals surface area contributed by atoms with E-state index in [1.807, 2.05) is 0 Å². The van der Waals surface area contributed by atoms with E-state index in [9.17, 15) is 14.4 Å². The smallest absolute Gasteiger partial charge is 0.790 e. The van der Waals surface area contributed by atoms with Crippen LogP contribution in [0.25, 0.3) is 0 Å². The first-order valence-corrected chi connectivity index (χ1v) is 2.90. The second kappa shape index (κ2) is 4.08. The van der Waals surface area contributed by atoms with Gasteiger partial charge in [0, 0.05) is 9.47 Å². The minimum atomic E-state index is -4.68. The molecule has 0 heterocycles. The summed E-state index contributed by atoms with van der Waals surface area (Å²) in [5.74, 6) is 0. The van der Waals surface area contributed by atoms with Gasteiger partial charge in [-0.05, 0) is 0 Å². The molecule has 0 fully saturated rings. The standard InChI is InChI=1S/H4O4P2.Zn/c1-6(2,3)4-5;/h5H2,(H2,1,2,3);/q;+2/p-2. The molecule has 0 amide bonds. The van der Waals surface area contributed by atoms with Crippen LogP contribution in [0.15, 0.2) is 0 Å². The van der Waals surface area contributed by atoms with Crippen molar-refractivity contribution in [1.29, 1.82) is 0 Å². The van der Waals surface area contributed by atoms with Crippen molar-refractivity contribution in [1.82, 2.24) is 0 Å². The Morgan fingerprint density at radius 2 is 1.71 bits per heavy atom. The average Bonchev–Trinajstić information content (AvgIpc) is 1.35. The fourth-order valence-corrected chi connectivity index (χ4v) is 0. The van der Waals surface area contributed by atoms with E-state index in [0.717, 1.165) is 0 Å². The third-order valence-electron chi connectivity index (χ3n) is 0.129. The van der Waals surface area contributed by atoms with Crippen molar-refractivity contribution in [3.63, 3.8) is 0 Å². The van der Waals surface area contributed by atoms with Gasteiger partial charge in [-0.1, -0.05) is 0 Å². The summed E-state index contributed by atoms with van der Waals surface area (Å²) in [6, 6.07) is 0. The van der Waals surface area contributed by atoms with Gasteiger partial charge in [0.15, 0.2) is 0 Å². The fraction of sp³-hybridized carbons (Fsp3) is 0. The summed E-state index contributed by atoms with van der Waals surface area (Å²) in [5, 5.41) is 0. The summed E-state index contributed by atoms with van der Waals surface area (Å²) in [5.41, 5.74) is 0. The zero-order valence-electron chi connectivity index (χ0n) is 3.36. The number of hydrogen-bond donors (Lipinski definition) is 0. The molecule has 0 radical (unpaired) electrons. The third-order valence-corrected chi connectivity index (χ3v) is 1.16. The van der Waals surface area contributed by atoms with Gasteiger partial charge in [-0.15, -0.1) is 0 Å². The summed E-state index contributed by atoms with van der Waals surface area (Å²) < 4.78 is 12.5. The minimum Gasteiger partial charge on any atom is -0.790 e. The summed E-state index contributed by atoms with van der Waals surface area (Å²) >= 11 is 0. The monoisotopic (exact) mass is 192 g/mol. The Kier molecular flexibility index (Phi) is 6.43. The Hall–Kier alpha value is 1.16. The van der Waals surface area contributed by atoms with E-state index < -0.39 is 7.82 Å². The zero-order valence-corrected chi connectivity index (χ0v) is 8.38. The van der Waals surface area contributed by atoms with Gasteiger partial charge in [-0.3, -0.25) is 0 Å². The molecule has 4 nitrogen and oxygen atoms in total. The maximum atomic E-state index is 9.23. The van der Waals surface area contributed by atoms with Crippen molar-refractivity contribution in [2.75, 3.05) is 0 Å². The molecule has 0 saturated heterocycles. The van der Waals surface area contributed by atoms with Crippen LogP contribution < -0.4 is 9.79 Å². The summed E-state index contributed by atoms with van der Waals surface area (Å²) in [4.78, 5) is 18.5. The predicted octanol–water partition coefficient (Wildman–Crippen LogP) is -1.38. The first kappa shape index (κ1) is 11.0. The Bertz CT molecular complexity index is 73.8. The Labute approximate surface area is 55.9 Å². The van der Waals surface area contributed by atoms with Crippen LogP contribution in [0.4, 0.5) is 0 Å². The first-order chi connectivity index (χ1) is 2.56. The summed E-state index contributed by atoms with van der Waals surface area (Å²) in [6.45, 7) is 0. The van der Waals surface area contributed by atoms with Gasteiger partial charge in [0.1, 0.15) is 0 Å². The number of rotatable bonds is 1. The van der Waals surface area contributed by atoms with Crippen molar-refractivity contribution in [3.8, 4) is 0 Å². The maximum absolute atomic E-state index is 9.23. The molecule has 7 heavy (non-hydrogen) atoms. The number of hydrogen-bond acceptors (Lipinski definition) is 4. The molecule has 38 valence electrons. The van der Waals surface area contributed by atoms with Gasteiger partial charge in [-0.2, -0.15) is 0 Å². The van der Waals surface area contributed by atoms with Crippen LogP contribution in [0.1, 0.15) is 0 Å². The molecule has 0 aliphatic rings. The van der Waals surface area contributed by atoms with E-state index in [1.165, 1.54) is 9.47 Å².